The van der Waals surface area contributed by atoms with E-state index in [1.165, 1.54) is 0 Å². The molecule has 0 aromatic heterocycles. The molecule has 0 fully saturated rings. The van der Waals surface area contributed by atoms with E-state index in [0.29, 0.717) is 12.3 Å². The third kappa shape index (κ3) is 6.59. The minimum Gasteiger partial charge on any atom is -0.496 e. The third-order valence-corrected chi connectivity index (χ3v) is 4.17. The van der Waals surface area contributed by atoms with Crippen molar-refractivity contribution in [1.82, 2.24) is 15.5 Å². The molecule has 7 heteroatoms. The highest BCUT2D eigenvalue weighted by molar-refractivity contribution is 5.85. The predicted octanol–water partition coefficient (Wildman–Crippen LogP) is 1.61. The normalized spacial score (nSPS) is 11.6. The lowest BCUT2D eigenvalue weighted by Gasteiger charge is -2.26. The summed E-state index contributed by atoms with van der Waals surface area (Å²) in [5.41, 5.74) is 0.982. The van der Waals surface area contributed by atoms with Crippen molar-refractivity contribution >= 4 is 11.8 Å². The van der Waals surface area contributed by atoms with Crippen molar-refractivity contribution < 1.29 is 19.1 Å². The largest absolute Gasteiger partial charge is 0.496 e. The van der Waals surface area contributed by atoms with Crippen LogP contribution in [0.15, 0.2) is 54.6 Å². The van der Waals surface area contributed by atoms with Gasteiger partial charge in [-0.15, -0.1) is 0 Å². The van der Waals surface area contributed by atoms with Crippen molar-refractivity contribution in [3.05, 3.63) is 60.2 Å². The average molecular weight is 385 g/mol. The summed E-state index contributed by atoms with van der Waals surface area (Å²) in [6, 6.07) is 16.7. The maximum Gasteiger partial charge on any atom is 0.258 e. The monoisotopic (exact) mass is 385 g/mol. The number of amides is 2. The first kappa shape index (κ1) is 21.2. The van der Waals surface area contributed by atoms with E-state index in [1.807, 2.05) is 61.5 Å². The number of benzene rings is 2. The van der Waals surface area contributed by atoms with Gasteiger partial charge in [-0.3, -0.25) is 9.59 Å². The van der Waals surface area contributed by atoms with Crippen LogP contribution in [0.1, 0.15) is 11.6 Å². The quantitative estimate of drug-likeness (QED) is 0.650. The lowest BCUT2D eigenvalue weighted by Crippen LogP contribution is -2.41. The summed E-state index contributed by atoms with van der Waals surface area (Å²) in [6.45, 7) is 0.143. The van der Waals surface area contributed by atoms with E-state index in [1.54, 1.807) is 19.2 Å². The maximum absolute atomic E-state index is 12.1. The summed E-state index contributed by atoms with van der Waals surface area (Å²) in [5.74, 6) is 0.747. The van der Waals surface area contributed by atoms with E-state index >= 15 is 0 Å². The van der Waals surface area contributed by atoms with Crippen LogP contribution in [-0.4, -0.2) is 57.6 Å². The molecule has 0 aliphatic carbocycles. The van der Waals surface area contributed by atoms with Crippen LogP contribution in [0.4, 0.5) is 0 Å². The van der Waals surface area contributed by atoms with Crippen LogP contribution in [0.2, 0.25) is 0 Å². The zero-order chi connectivity index (χ0) is 20.4. The Balaban J connectivity index is 1.79. The van der Waals surface area contributed by atoms with Gasteiger partial charge in [-0.1, -0.05) is 36.4 Å². The molecule has 0 aliphatic rings. The van der Waals surface area contributed by atoms with Gasteiger partial charge in [-0.2, -0.15) is 0 Å². The minimum atomic E-state index is -0.354. The number of carbonyl (C=O) groups is 2. The molecule has 0 saturated heterocycles. The van der Waals surface area contributed by atoms with Gasteiger partial charge in [0.1, 0.15) is 11.5 Å². The zero-order valence-electron chi connectivity index (χ0n) is 16.5. The maximum atomic E-state index is 12.1. The number of hydrogen-bond donors (Lipinski definition) is 2. The van der Waals surface area contributed by atoms with E-state index in [4.69, 9.17) is 9.47 Å². The highest BCUT2D eigenvalue weighted by Gasteiger charge is 2.19. The Bertz CT molecular complexity index is 765. The highest BCUT2D eigenvalue weighted by Crippen LogP contribution is 2.27. The van der Waals surface area contributed by atoms with Gasteiger partial charge in [-0.25, -0.2) is 0 Å². The second kappa shape index (κ2) is 10.9. The molecule has 0 heterocycles. The van der Waals surface area contributed by atoms with Gasteiger partial charge < -0.3 is 25.0 Å². The van der Waals surface area contributed by atoms with Crippen LogP contribution in [-0.2, 0) is 9.59 Å². The first-order valence-corrected chi connectivity index (χ1v) is 9.02. The molecule has 150 valence electrons. The fourth-order valence-electron chi connectivity index (χ4n) is 2.68. The van der Waals surface area contributed by atoms with Crippen molar-refractivity contribution in [2.24, 2.45) is 0 Å². The highest BCUT2D eigenvalue weighted by atomic mass is 16.5. The van der Waals surface area contributed by atoms with E-state index in [-0.39, 0.29) is 31.0 Å². The van der Waals surface area contributed by atoms with E-state index in [2.05, 4.69) is 10.6 Å². The first-order valence-electron chi connectivity index (χ1n) is 9.02. The lowest BCUT2D eigenvalue weighted by atomic mass is 10.0. The van der Waals surface area contributed by atoms with Crippen LogP contribution >= 0.6 is 0 Å². The molecule has 0 saturated carbocycles. The number of para-hydroxylation sites is 2. The molecular formula is C21H27N3O4. The smallest absolute Gasteiger partial charge is 0.258 e. The number of hydrogen-bond acceptors (Lipinski definition) is 5. The Morgan fingerprint density at radius 1 is 0.964 bits per heavy atom. The third-order valence-electron chi connectivity index (χ3n) is 4.17. The van der Waals surface area contributed by atoms with Crippen LogP contribution < -0.4 is 20.1 Å². The Labute approximate surface area is 165 Å². The molecule has 2 N–H and O–H groups in total. The van der Waals surface area contributed by atoms with Gasteiger partial charge in [-0.05, 0) is 32.3 Å². The van der Waals surface area contributed by atoms with Crippen LogP contribution in [0.5, 0.6) is 11.5 Å². The van der Waals surface area contributed by atoms with E-state index in [9.17, 15) is 9.59 Å². The van der Waals surface area contributed by atoms with Crippen molar-refractivity contribution in [2.75, 3.05) is 40.9 Å². The van der Waals surface area contributed by atoms with Crippen LogP contribution in [0, 0.1) is 0 Å². The van der Waals surface area contributed by atoms with Crippen molar-refractivity contribution in [1.29, 1.82) is 0 Å². The minimum absolute atomic E-state index is 0.0581. The second-order valence-electron chi connectivity index (χ2n) is 6.40. The average Bonchev–Trinajstić information content (AvgIpc) is 2.71. The first-order chi connectivity index (χ1) is 13.5. The van der Waals surface area contributed by atoms with Crippen molar-refractivity contribution in [3.8, 4) is 11.5 Å². The number of ether oxygens (including phenoxy) is 2. The van der Waals surface area contributed by atoms with E-state index in [0.717, 1.165) is 11.3 Å². The van der Waals surface area contributed by atoms with Gasteiger partial charge in [0.2, 0.25) is 5.91 Å². The molecule has 0 bridgehead atoms. The summed E-state index contributed by atoms with van der Waals surface area (Å²) in [6.07, 6.45) is 0. The topological polar surface area (TPSA) is 79.9 Å². The molecule has 28 heavy (non-hydrogen) atoms. The number of methoxy groups -OCH3 is 1. The molecule has 1 atom stereocenters. The fraction of sp³-hybridized carbons (Fsp3) is 0.333. The molecule has 0 radical (unpaired) electrons. The number of carbonyl (C=O) groups excluding carboxylic acids is 2. The van der Waals surface area contributed by atoms with Gasteiger partial charge in [0.15, 0.2) is 6.61 Å². The number of nitrogens with one attached hydrogen (secondary N) is 2. The van der Waals surface area contributed by atoms with Gasteiger partial charge >= 0.3 is 0 Å². The molecule has 0 spiro atoms. The van der Waals surface area contributed by atoms with Crippen molar-refractivity contribution in [3.63, 3.8) is 0 Å². The Hall–Kier alpha value is -3.06. The summed E-state index contributed by atoms with van der Waals surface area (Å²) in [5, 5.41) is 5.41. The summed E-state index contributed by atoms with van der Waals surface area (Å²) in [7, 11) is 5.50. The number of likely N-dealkylation sites (N-methyl/N-ethyl adjacent to an activating group) is 1. The lowest BCUT2D eigenvalue weighted by molar-refractivity contribution is -0.127. The summed E-state index contributed by atoms with van der Waals surface area (Å²) < 4.78 is 10.8. The molecule has 7 nitrogen and oxygen atoms in total. The number of rotatable bonds is 10. The fourth-order valence-corrected chi connectivity index (χ4v) is 2.68. The van der Waals surface area contributed by atoms with Gasteiger partial charge in [0.25, 0.3) is 5.91 Å². The second-order valence-corrected chi connectivity index (χ2v) is 6.40. The Kier molecular flexibility index (Phi) is 8.30. The standard InChI is InChI=1S/C21H27N3O4/c1-24(2)18(17-11-7-8-12-19(17)27-3)13-22-20(25)14-23-21(26)15-28-16-9-5-4-6-10-16/h4-12,18H,13-15H2,1-3H3,(H,22,25)(H,23,26). The summed E-state index contributed by atoms with van der Waals surface area (Å²) in [4.78, 5) is 26.0. The van der Waals surface area contributed by atoms with Gasteiger partial charge in [0, 0.05) is 12.1 Å². The van der Waals surface area contributed by atoms with Crippen molar-refractivity contribution in [2.45, 2.75) is 6.04 Å². The predicted molar refractivity (Wildman–Crippen MR) is 107 cm³/mol. The molecular weight excluding hydrogens is 358 g/mol. The van der Waals surface area contributed by atoms with E-state index < -0.39 is 0 Å². The van der Waals surface area contributed by atoms with Gasteiger partial charge in [0.05, 0.1) is 19.7 Å². The molecule has 2 amide bonds. The molecule has 0 aliphatic heterocycles. The number of nitrogens with zero attached hydrogens (tertiary/aromatic N) is 1. The summed E-state index contributed by atoms with van der Waals surface area (Å²) >= 11 is 0. The molecule has 1 unspecified atom stereocenters. The van der Waals surface area contributed by atoms with Crippen LogP contribution in [0.25, 0.3) is 0 Å². The molecule has 2 aromatic carbocycles. The zero-order valence-corrected chi connectivity index (χ0v) is 16.5. The molecule has 2 rings (SSSR count). The SMILES string of the molecule is COc1ccccc1C(CNC(=O)CNC(=O)COc1ccccc1)N(C)C. The Morgan fingerprint density at radius 3 is 2.32 bits per heavy atom. The molecule has 2 aromatic rings. The van der Waals surface area contributed by atoms with Crippen LogP contribution in [0.3, 0.4) is 0 Å². The Morgan fingerprint density at radius 2 is 1.64 bits per heavy atom.